The molecule has 0 aromatic rings. The Bertz CT molecular complexity index is 115. The molecule has 0 aromatic carbocycles. The summed E-state index contributed by atoms with van der Waals surface area (Å²) in [6, 6.07) is 0. The van der Waals surface area contributed by atoms with Crippen LogP contribution >= 0.6 is 0 Å². The molecule has 0 atom stereocenters. The smallest absolute Gasteiger partial charge is 1.00 e. The largest absolute Gasteiger partial charge is 1.00 e. The maximum Gasteiger partial charge on any atom is 1.00 e. The molecule has 1 saturated carbocycles. The van der Waals surface area contributed by atoms with Gasteiger partial charge in [-0.05, 0) is 12.8 Å². The van der Waals surface area contributed by atoms with Gasteiger partial charge in [0.2, 0.25) is 5.91 Å². The molecule has 1 aliphatic rings. The van der Waals surface area contributed by atoms with E-state index in [9.17, 15) is 4.79 Å². The van der Waals surface area contributed by atoms with Gasteiger partial charge in [0.25, 0.3) is 0 Å². The Balaban J connectivity index is 0. The van der Waals surface area contributed by atoms with Crippen LogP contribution in [0.15, 0.2) is 0 Å². The molecule has 0 spiro atoms. The van der Waals surface area contributed by atoms with Gasteiger partial charge in [0.15, 0.2) is 0 Å². The van der Waals surface area contributed by atoms with Gasteiger partial charge >= 0.3 is 29.6 Å². The zero-order valence-electron chi connectivity index (χ0n) is 7.60. The van der Waals surface area contributed by atoms with Crippen LogP contribution in [0.1, 0.15) is 33.5 Å². The van der Waals surface area contributed by atoms with Crippen molar-refractivity contribution >= 4 is 5.91 Å². The van der Waals surface area contributed by atoms with Crippen LogP contribution in [0.25, 0.3) is 0 Å². The van der Waals surface area contributed by atoms with Gasteiger partial charge in [0.05, 0.1) is 0 Å². The van der Waals surface area contributed by atoms with Crippen LogP contribution in [0.5, 0.6) is 0 Å². The molecule has 0 saturated heterocycles. The number of amides is 1. The quantitative estimate of drug-likeness (QED) is 0.440. The van der Waals surface area contributed by atoms with E-state index in [1.54, 1.807) is 0 Å². The van der Waals surface area contributed by atoms with Gasteiger partial charge < -0.3 is 7.16 Å². The Hall–Kier alpha value is 0.470. The summed E-state index contributed by atoms with van der Waals surface area (Å²) in [6.07, 6.45) is 5.70. The maximum absolute atomic E-state index is 10.6. The number of rotatable bonds is 1. The average Bonchev–Trinajstić information content (AvgIpc) is 1.90. The molecular weight excluding hydrogens is 137 g/mol. The van der Waals surface area contributed by atoms with Crippen LogP contribution in [0.4, 0.5) is 0 Å². The molecule has 2 N–H and O–H groups in total. The topological polar surface area (TPSA) is 43.1 Å². The minimum atomic E-state index is -0.102. The van der Waals surface area contributed by atoms with E-state index in [0.29, 0.717) is 0 Å². The van der Waals surface area contributed by atoms with E-state index >= 15 is 0 Å². The summed E-state index contributed by atoms with van der Waals surface area (Å²) in [5, 5.41) is 0. The second-order valence-electron chi connectivity index (χ2n) is 2.74. The molecule has 0 aliphatic heterocycles. The van der Waals surface area contributed by atoms with E-state index in [2.05, 4.69) is 0 Å². The van der Waals surface area contributed by atoms with Crippen molar-refractivity contribution in [3.8, 4) is 0 Å². The molecule has 1 aliphatic carbocycles. The fourth-order valence-corrected chi connectivity index (χ4v) is 1.39. The summed E-state index contributed by atoms with van der Waals surface area (Å²) in [5.74, 6) is 0.0912. The van der Waals surface area contributed by atoms with Crippen molar-refractivity contribution in [2.75, 3.05) is 0 Å². The van der Waals surface area contributed by atoms with Crippen LogP contribution in [-0.2, 0) is 4.79 Å². The van der Waals surface area contributed by atoms with Gasteiger partial charge in [0, 0.05) is 5.92 Å². The van der Waals surface area contributed by atoms with Gasteiger partial charge in [-0.3, -0.25) is 4.79 Å². The van der Waals surface area contributed by atoms with Gasteiger partial charge in [-0.2, -0.15) is 0 Å². The molecule has 1 fully saturated rings. The molecule has 1 amide bonds. The molecule has 3 heteroatoms. The average molecular weight is 151 g/mol. The first-order chi connectivity index (χ1) is 4.30. The number of hydrogen-bond acceptors (Lipinski definition) is 1. The molecule has 0 heterocycles. The third-order valence-corrected chi connectivity index (χ3v) is 2.01. The number of carbonyl (C=O) groups is 1. The Morgan fingerprint density at radius 1 is 1.30 bits per heavy atom. The molecule has 2 nitrogen and oxygen atoms in total. The van der Waals surface area contributed by atoms with E-state index in [1.165, 1.54) is 19.3 Å². The monoisotopic (exact) mass is 151 g/mol. The first kappa shape index (κ1) is 10.5. The SMILES string of the molecule is NC(=O)C1CCCCC1.[H-].[Na+]. The second kappa shape index (κ2) is 5.16. The molecule has 10 heavy (non-hydrogen) atoms. The molecule has 54 valence electrons. The molecule has 0 aromatic heterocycles. The first-order valence-electron chi connectivity index (χ1n) is 3.60. The van der Waals surface area contributed by atoms with Crippen molar-refractivity contribution in [3.63, 3.8) is 0 Å². The van der Waals surface area contributed by atoms with Crippen LogP contribution < -0.4 is 35.3 Å². The van der Waals surface area contributed by atoms with Gasteiger partial charge in [-0.25, -0.2) is 0 Å². The van der Waals surface area contributed by atoms with Gasteiger partial charge in [0.1, 0.15) is 0 Å². The second-order valence-corrected chi connectivity index (χ2v) is 2.74. The summed E-state index contributed by atoms with van der Waals surface area (Å²) >= 11 is 0. The van der Waals surface area contributed by atoms with Crippen molar-refractivity contribution in [1.82, 2.24) is 0 Å². The van der Waals surface area contributed by atoms with E-state index in [-0.39, 0.29) is 42.8 Å². The van der Waals surface area contributed by atoms with Gasteiger partial charge in [-0.15, -0.1) is 0 Å². The van der Waals surface area contributed by atoms with Crippen LogP contribution in [0, 0.1) is 5.92 Å². The summed E-state index contributed by atoms with van der Waals surface area (Å²) in [7, 11) is 0. The van der Waals surface area contributed by atoms with Crippen molar-refractivity contribution < 1.29 is 35.8 Å². The van der Waals surface area contributed by atoms with Crippen molar-refractivity contribution in [2.24, 2.45) is 11.7 Å². The third-order valence-electron chi connectivity index (χ3n) is 2.01. The summed E-state index contributed by atoms with van der Waals surface area (Å²) in [5.41, 5.74) is 5.13. The number of carbonyl (C=O) groups excluding carboxylic acids is 1. The van der Waals surface area contributed by atoms with Crippen molar-refractivity contribution in [2.45, 2.75) is 32.1 Å². The number of hydrogen-bond donors (Lipinski definition) is 1. The summed E-state index contributed by atoms with van der Waals surface area (Å²) < 4.78 is 0. The molecule has 0 bridgehead atoms. The number of primary amides is 1. The van der Waals surface area contributed by atoms with Crippen molar-refractivity contribution in [3.05, 3.63) is 0 Å². The molecule has 0 unspecified atom stereocenters. The van der Waals surface area contributed by atoms with Crippen LogP contribution in [0.2, 0.25) is 0 Å². The normalized spacial score (nSPS) is 19.6. The fourth-order valence-electron chi connectivity index (χ4n) is 1.39. The standard InChI is InChI=1S/C7H13NO.Na.H/c8-7(9)6-4-2-1-3-5-6;;/h6H,1-5H2,(H2,8,9);;/q;+1;-1. The Labute approximate surface area is 85.3 Å². The molecule has 0 radical (unpaired) electrons. The first-order valence-corrected chi connectivity index (χ1v) is 3.60. The minimum absolute atomic E-state index is 0. The van der Waals surface area contributed by atoms with Crippen LogP contribution in [-0.4, -0.2) is 5.91 Å². The zero-order valence-corrected chi connectivity index (χ0v) is 8.60. The van der Waals surface area contributed by atoms with E-state index in [0.717, 1.165) is 12.8 Å². The predicted molar refractivity (Wildman–Crippen MR) is 36.9 cm³/mol. The van der Waals surface area contributed by atoms with Crippen LogP contribution in [0.3, 0.4) is 0 Å². The predicted octanol–water partition coefficient (Wildman–Crippen LogP) is -1.83. The molecule has 1 rings (SSSR count). The Morgan fingerprint density at radius 2 is 1.80 bits per heavy atom. The number of nitrogens with two attached hydrogens (primary N) is 1. The Morgan fingerprint density at radius 3 is 2.10 bits per heavy atom. The van der Waals surface area contributed by atoms with E-state index in [1.807, 2.05) is 0 Å². The maximum atomic E-state index is 10.6. The van der Waals surface area contributed by atoms with E-state index in [4.69, 9.17) is 5.73 Å². The fraction of sp³-hybridized carbons (Fsp3) is 0.857. The molecular formula is C7H14NNaO. The zero-order chi connectivity index (χ0) is 6.69. The third kappa shape index (κ3) is 3.04. The summed E-state index contributed by atoms with van der Waals surface area (Å²) in [6.45, 7) is 0. The minimum Gasteiger partial charge on any atom is -1.00 e. The Kier molecular flexibility index (Phi) is 5.41. The van der Waals surface area contributed by atoms with Gasteiger partial charge in [-0.1, -0.05) is 19.3 Å². The summed E-state index contributed by atoms with van der Waals surface area (Å²) in [4.78, 5) is 10.6. The van der Waals surface area contributed by atoms with Crippen molar-refractivity contribution in [1.29, 1.82) is 0 Å². The van der Waals surface area contributed by atoms with E-state index < -0.39 is 0 Å².